The van der Waals surface area contributed by atoms with Gasteiger partial charge in [-0.25, -0.2) is 0 Å². The standard InChI is InChI=1S/C19H19N3O4S/c1-12-7-8-13(2)17(9-12)25-10-18-20-21-19(26-18)27-11-15-5-4-6-16(14(15)3)22(23)24/h4-9H,10-11H2,1-3H3. The summed E-state index contributed by atoms with van der Waals surface area (Å²) in [4.78, 5) is 10.7. The van der Waals surface area contributed by atoms with Crippen LogP contribution >= 0.6 is 11.8 Å². The molecule has 1 heterocycles. The lowest BCUT2D eigenvalue weighted by molar-refractivity contribution is -0.385. The van der Waals surface area contributed by atoms with Gasteiger partial charge in [-0.2, -0.15) is 0 Å². The van der Waals surface area contributed by atoms with Crippen LogP contribution in [0.4, 0.5) is 5.69 Å². The highest BCUT2D eigenvalue weighted by Crippen LogP contribution is 2.28. The normalized spacial score (nSPS) is 10.8. The van der Waals surface area contributed by atoms with E-state index < -0.39 is 0 Å². The molecule has 0 unspecified atom stereocenters. The molecule has 8 heteroatoms. The molecule has 0 bridgehead atoms. The lowest BCUT2D eigenvalue weighted by Gasteiger charge is -2.07. The molecule has 0 N–H and O–H groups in total. The van der Waals surface area contributed by atoms with Crippen LogP contribution in [0.3, 0.4) is 0 Å². The average molecular weight is 385 g/mol. The van der Waals surface area contributed by atoms with Crippen molar-refractivity contribution in [3.63, 3.8) is 0 Å². The van der Waals surface area contributed by atoms with Crippen molar-refractivity contribution in [3.8, 4) is 5.75 Å². The molecule has 0 saturated carbocycles. The van der Waals surface area contributed by atoms with Crippen LogP contribution in [0.15, 0.2) is 46.0 Å². The molecule has 0 aliphatic rings. The Hall–Kier alpha value is -2.87. The second-order valence-electron chi connectivity index (χ2n) is 6.13. The maximum absolute atomic E-state index is 11.0. The van der Waals surface area contributed by atoms with Crippen LogP contribution in [0.25, 0.3) is 0 Å². The summed E-state index contributed by atoms with van der Waals surface area (Å²) in [5, 5.41) is 19.4. The number of hydrogen-bond acceptors (Lipinski definition) is 7. The minimum atomic E-state index is -0.376. The highest BCUT2D eigenvalue weighted by molar-refractivity contribution is 7.98. The Kier molecular flexibility index (Phi) is 5.75. The van der Waals surface area contributed by atoms with Gasteiger partial charge in [0.05, 0.1) is 4.92 Å². The van der Waals surface area contributed by atoms with Crippen molar-refractivity contribution >= 4 is 17.4 Å². The first kappa shape index (κ1) is 18.9. The van der Waals surface area contributed by atoms with Crippen molar-refractivity contribution in [2.75, 3.05) is 0 Å². The number of nitro benzene ring substituents is 1. The fourth-order valence-electron chi connectivity index (χ4n) is 2.52. The van der Waals surface area contributed by atoms with Gasteiger partial charge in [0.1, 0.15) is 5.75 Å². The summed E-state index contributed by atoms with van der Waals surface area (Å²) >= 11 is 1.34. The van der Waals surface area contributed by atoms with E-state index in [4.69, 9.17) is 9.15 Å². The molecular formula is C19H19N3O4S. The largest absolute Gasteiger partial charge is 0.484 e. The lowest BCUT2D eigenvalue weighted by atomic mass is 10.1. The SMILES string of the molecule is Cc1ccc(C)c(OCc2nnc(SCc3cccc([N+](=O)[O-])c3C)o2)c1. The summed E-state index contributed by atoms with van der Waals surface area (Å²) in [6.07, 6.45) is 0. The Labute approximate surface area is 160 Å². The number of benzene rings is 2. The summed E-state index contributed by atoms with van der Waals surface area (Å²) in [5.41, 5.74) is 3.77. The molecule has 0 atom stereocenters. The molecule has 7 nitrogen and oxygen atoms in total. The van der Waals surface area contributed by atoms with E-state index in [-0.39, 0.29) is 17.2 Å². The molecule has 140 valence electrons. The van der Waals surface area contributed by atoms with Gasteiger partial charge in [0, 0.05) is 17.4 Å². The zero-order valence-corrected chi connectivity index (χ0v) is 16.1. The number of nitrogens with zero attached hydrogens (tertiary/aromatic N) is 3. The highest BCUT2D eigenvalue weighted by atomic mass is 32.2. The zero-order valence-electron chi connectivity index (χ0n) is 15.3. The van der Waals surface area contributed by atoms with Gasteiger partial charge in [-0.3, -0.25) is 10.1 Å². The first-order valence-electron chi connectivity index (χ1n) is 8.32. The summed E-state index contributed by atoms with van der Waals surface area (Å²) in [6.45, 7) is 5.91. The topological polar surface area (TPSA) is 91.3 Å². The van der Waals surface area contributed by atoms with Gasteiger partial charge >= 0.3 is 0 Å². The number of aryl methyl sites for hydroxylation is 2. The van der Waals surface area contributed by atoms with E-state index in [9.17, 15) is 10.1 Å². The number of thioether (sulfide) groups is 1. The summed E-state index contributed by atoms with van der Waals surface area (Å²) in [6, 6.07) is 11.0. The van der Waals surface area contributed by atoms with Gasteiger partial charge in [-0.1, -0.05) is 36.0 Å². The van der Waals surface area contributed by atoms with Gasteiger partial charge < -0.3 is 9.15 Å². The molecule has 0 fully saturated rings. The van der Waals surface area contributed by atoms with Crippen molar-refractivity contribution in [2.24, 2.45) is 0 Å². The van der Waals surface area contributed by atoms with Crippen LogP contribution in [0, 0.1) is 30.9 Å². The minimum absolute atomic E-state index is 0.112. The second kappa shape index (κ2) is 8.22. The highest BCUT2D eigenvalue weighted by Gasteiger charge is 2.15. The van der Waals surface area contributed by atoms with Crippen molar-refractivity contribution < 1.29 is 14.1 Å². The van der Waals surface area contributed by atoms with E-state index in [1.807, 2.05) is 38.1 Å². The molecular weight excluding hydrogens is 366 g/mol. The fourth-order valence-corrected chi connectivity index (χ4v) is 3.37. The Morgan fingerprint density at radius 1 is 1.19 bits per heavy atom. The molecule has 3 rings (SSSR count). The van der Waals surface area contributed by atoms with E-state index >= 15 is 0 Å². The first-order chi connectivity index (χ1) is 12.9. The van der Waals surface area contributed by atoms with E-state index in [1.54, 1.807) is 13.0 Å². The van der Waals surface area contributed by atoms with Crippen LogP contribution in [-0.4, -0.2) is 15.1 Å². The molecule has 2 aromatic carbocycles. The van der Waals surface area contributed by atoms with E-state index in [1.165, 1.54) is 17.8 Å². The Bertz CT molecular complexity index is 971. The van der Waals surface area contributed by atoms with Gasteiger partial charge in [0.15, 0.2) is 6.61 Å². The Morgan fingerprint density at radius 3 is 2.78 bits per heavy atom. The molecule has 0 aliphatic heterocycles. The quantitative estimate of drug-likeness (QED) is 0.328. The van der Waals surface area contributed by atoms with Crippen molar-refractivity contribution in [3.05, 3.63) is 74.7 Å². The molecule has 1 aromatic heterocycles. The van der Waals surface area contributed by atoms with E-state index in [0.29, 0.717) is 22.4 Å². The Balaban J connectivity index is 1.61. The summed E-state index contributed by atoms with van der Waals surface area (Å²) in [5.74, 6) is 1.68. The third-order valence-corrected chi connectivity index (χ3v) is 4.98. The molecule has 0 radical (unpaired) electrons. The van der Waals surface area contributed by atoms with E-state index in [2.05, 4.69) is 10.2 Å². The fraction of sp³-hybridized carbons (Fsp3) is 0.263. The smallest absolute Gasteiger partial charge is 0.277 e. The molecule has 27 heavy (non-hydrogen) atoms. The van der Waals surface area contributed by atoms with Gasteiger partial charge in [-0.15, -0.1) is 10.2 Å². The summed E-state index contributed by atoms with van der Waals surface area (Å²) < 4.78 is 11.4. The van der Waals surface area contributed by atoms with Crippen LogP contribution in [0.1, 0.15) is 28.1 Å². The predicted molar refractivity (Wildman–Crippen MR) is 102 cm³/mol. The van der Waals surface area contributed by atoms with Gasteiger partial charge in [0.2, 0.25) is 0 Å². The first-order valence-corrected chi connectivity index (χ1v) is 9.30. The van der Waals surface area contributed by atoms with Gasteiger partial charge in [-0.05, 0) is 43.5 Å². The number of ether oxygens (including phenoxy) is 1. The van der Waals surface area contributed by atoms with Crippen molar-refractivity contribution in [1.29, 1.82) is 0 Å². The van der Waals surface area contributed by atoms with Crippen LogP contribution in [0.2, 0.25) is 0 Å². The van der Waals surface area contributed by atoms with Crippen LogP contribution in [-0.2, 0) is 12.4 Å². The second-order valence-corrected chi connectivity index (χ2v) is 7.05. The molecule has 0 spiro atoms. The maximum Gasteiger partial charge on any atom is 0.277 e. The minimum Gasteiger partial charge on any atom is -0.484 e. The third kappa shape index (κ3) is 4.65. The summed E-state index contributed by atoms with van der Waals surface area (Å²) in [7, 11) is 0. The van der Waals surface area contributed by atoms with Crippen molar-refractivity contribution in [2.45, 2.75) is 38.4 Å². The predicted octanol–water partition coefficient (Wildman–Crippen LogP) is 4.77. The molecule has 0 saturated heterocycles. The maximum atomic E-state index is 11.0. The third-order valence-electron chi connectivity index (χ3n) is 4.11. The molecule has 0 aliphatic carbocycles. The van der Waals surface area contributed by atoms with E-state index in [0.717, 1.165) is 22.4 Å². The lowest BCUT2D eigenvalue weighted by Crippen LogP contribution is -1.97. The number of nitro groups is 1. The zero-order chi connectivity index (χ0) is 19.4. The number of rotatable bonds is 7. The van der Waals surface area contributed by atoms with Crippen molar-refractivity contribution in [1.82, 2.24) is 10.2 Å². The number of aromatic nitrogens is 2. The Morgan fingerprint density at radius 2 is 2.00 bits per heavy atom. The van der Waals surface area contributed by atoms with Crippen LogP contribution in [0.5, 0.6) is 5.75 Å². The van der Waals surface area contributed by atoms with Crippen LogP contribution < -0.4 is 4.74 Å². The monoisotopic (exact) mass is 385 g/mol. The molecule has 0 amide bonds. The van der Waals surface area contributed by atoms with Gasteiger partial charge in [0.25, 0.3) is 16.8 Å². The average Bonchev–Trinajstić information content (AvgIpc) is 3.09. The molecule has 3 aromatic rings. The number of hydrogen-bond donors (Lipinski definition) is 0.